The average molecular weight is 422 g/mol. The Kier molecular flexibility index (Phi) is 5.46. The predicted molar refractivity (Wildman–Crippen MR) is 93.7 cm³/mol. The summed E-state index contributed by atoms with van der Waals surface area (Å²) >= 11 is 14.4. The van der Waals surface area contributed by atoms with Gasteiger partial charge in [-0.3, -0.25) is 0 Å². The standard InChI is InChI=1S/C14H14Cl2IN3/c1-3-11-12(17)14(18-4-2)20-13(19-11)9-6-5-8(15)7-10(9)16/h5-7H,3-4H2,1-2H3,(H,18,19,20). The zero-order valence-electron chi connectivity index (χ0n) is 11.2. The van der Waals surface area contributed by atoms with Crippen molar-refractivity contribution in [2.75, 3.05) is 11.9 Å². The van der Waals surface area contributed by atoms with Crippen LogP contribution in [0.2, 0.25) is 10.0 Å². The van der Waals surface area contributed by atoms with E-state index in [-0.39, 0.29) is 0 Å². The summed E-state index contributed by atoms with van der Waals surface area (Å²) in [7, 11) is 0. The second-order valence-corrected chi connectivity index (χ2v) is 6.09. The first kappa shape index (κ1) is 15.8. The molecule has 0 saturated carbocycles. The fourth-order valence-electron chi connectivity index (χ4n) is 1.80. The van der Waals surface area contributed by atoms with Crippen LogP contribution in [0.3, 0.4) is 0 Å². The Bertz CT molecular complexity index is 632. The van der Waals surface area contributed by atoms with Crippen LogP contribution < -0.4 is 5.32 Å². The highest BCUT2D eigenvalue weighted by Crippen LogP contribution is 2.30. The van der Waals surface area contributed by atoms with Crippen LogP contribution in [0.4, 0.5) is 5.82 Å². The number of nitrogens with zero attached hydrogens (tertiary/aromatic N) is 2. The number of hydrogen-bond acceptors (Lipinski definition) is 3. The molecule has 0 aliphatic carbocycles. The third-order valence-electron chi connectivity index (χ3n) is 2.77. The van der Waals surface area contributed by atoms with E-state index in [4.69, 9.17) is 23.2 Å². The molecule has 0 fully saturated rings. The summed E-state index contributed by atoms with van der Waals surface area (Å²) in [5.74, 6) is 1.47. The molecule has 0 unspecified atom stereocenters. The van der Waals surface area contributed by atoms with E-state index in [1.165, 1.54) is 0 Å². The molecule has 1 heterocycles. The SMILES string of the molecule is CCNc1nc(-c2ccc(Cl)cc2Cl)nc(CC)c1I. The van der Waals surface area contributed by atoms with Crippen molar-refractivity contribution in [2.24, 2.45) is 0 Å². The molecule has 0 bridgehead atoms. The Balaban J connectivity index is 2.58. The Labute approximate surface area is 142 Å². The molecule has 3 nitrogen and oxygen atoms in total. The Hall–Kier alpha value is -0.590. The van der Waals surface area contributed by atoms with Gasteiger partial charge in [0.25, 0.3) is 0 Å². The molecular formula is C14H14Cl2IN3. The lowest BCUT2D eigenvalue weighted by Crippen LogP contribution is -2.07. The minimum absolute atomic E-state index is 0.559. The summed E-state index contributed by atoms with van der Waals surface area (Å²) < 4.78 is 1.06. The highest BCUT2D eigenvalue weighted by Gasteiger charge is 2.14. The summed E-state index contributed by atoms with van der Waals surface area (Å²) in [4.78, 5) is 9.18. The molecule has 106 valence electrons. The molecule has 0 amide bonds. The van der Waals surface area contributed by atoms with Crippen LogP contribution in [0, 0.1) is 3.57 Å². The van der Waals surface area contributed by atoms with E-state index in [1.54, 1.807) is 12.1 Å². The van der Waals surface area contributed by atoms with Gasteiger partial charge in [-0.05, 0) is 54.1 Å². The smallest absolute Gasteiger partial charge is 0.163 e. The Morgan fingerprint density at radius 1 is 1.20 bits per heavy atom. The summed E-state index contributed by atoms with van der Waals surface area (Å²) in [5.41, 5.74) is 1.80. The highest BCUT2D eigenvalue weighted by atomic mass is 127. The minimum atomic E-state index is 0.559. The van der Waals surface area contributed by atoms with Gasteiger partial charge in [0, 0.05) is 17.1 Å². The molecular weight excluding hydrogens is 408 g/mol. The van der Waals surface area contributed by atoms with Crippen molar-refractivity contribution in [2.45, 2.75) is 20.3 Å². The molecule has 6 heteroatoms. The van der Waals surface area contributed by atoms with E-state index < -0.39 is 0 Å². The van der Waals surface area contributed by atoms with E-state index in [1.807, 2.05) is 13.0 Å². The van der Waals surface area contributed by atoms with Crippen molar-refractivity contribution in [1.82, 2.24) is 9.97 Å². The lowest BCUT2D eigenvalue weighted by molar-refractivity contribution is 0.982. The number of aromatic nitrogens is 2. The van der Waals surface area contributed by atoms with E-state index in [2.05, 4.69) is 44.8 Å². The molecule has 0 radical (unpaired) electrons. The van der Waals surface area contributed by atoms with Crippen molar-refractivity contribution in [3.8, 4) is 11.4 Å². The molecule has 0 aliphatic heterocycles. The van der Waals surface area contributed by atoms with Gasteiger partial charge < -0.3 is 5.32 Å². The molecule has 1 N–H and O–H groups in total. The van der Waals surface area contributed by atoms with Crippen LogP contribution in [0.5, 0.6) is 0 Å². The second-order valence-electron chi connectivity index (χ2n) is 4.16. The van der Waals surface area contributed by atoms with E-state index in [0.717, 1.165) is 33.6 Å². The van der Waals surface area contributed by atoms with Gasteiger partial charge in [-0.1, -0.05) is 30.1 Å². The lowest BCUT2D eigenvalue weighted by Gasteiger charge is -2.12. The van der Waals surface area contributed by atoms with Crippen LogP contribution >= 0.6 is 45.8 Å². The summed E-state index contributed by atoms with van der Waals surface area (Å²) in [6, 6.07) is 5.35. The summed E-state index contributed by atoms with van der Waals surface area (Å²) in [5, 5.41) is 4.43. The number of aryl methyl sites for hydroxylation is 1. The topological polar surface area (TPSA) is 37.8 Å². The number of nitrogens with one attached hydrogen (secondary N) is 1. The third kappa shape index (κ3) is 3.35. The first-order chi connectivity index (χ1) is 9.56. The van der Waals surface area contributed by atoms with Gasteiger partial charge in [0.1, 0.15) is 5.82 Å². The molecule has 2 rings (SSSR count). The second kappa shape index (κ2) is 6.91. The number of rotatable bonds is 4. The van der Waals surface area contributed by atoms with Crippen LogP contribution in [-0.4, -0.2) is 16.5 Å². The van der Waals surface area contributed by atoms with Crippen LogP contribution in [0.1, 0.15) is 19.5 Å². The number of benzene rings is 1. The maximum absolute atomic E-state index is 6.24. The molecule has 2 aromatic rings. The highest BCUT2D eigenvalue weighted by molar-refractivity contribution is 14.1. The van der Waals surface area contributed by atoms with Gasteiger partial charge in [0.15, 0.2) is 5.82 Å². The minimum Gasteiger partial charge on any atom is -0.369 e. The van der Waals surface area contributed by atoms with Gasteiger partial charge in [-0.25, -0.2) is 9.97 Å². The number of anilines is 1. The van der Waals surface area contributed by atoms with Crippen molar-refractivity contribution < 1.29 is 0 Å². The van der Waals surface area contributed by atoms with Crippen LogP contribution in [0.25, 0.3) is 11.4 Å². The molecule has 0 spiro atoms. The first-order valence-corrected chi connectivity index (χ1v) is 8.16. The Morgan fingerprint density at radius 3 is 2.55 bits per heavy atom. The number of hydrogen-bond donors (Lipinski definition) is 1. The molecule has 0 saturated heterocycles. The maximum atomic E-state index is 6.24. The summed E-state index contributed by atoms with van der Waals surface area (Å²) in [6.45, 7) is 4.93. The molecule has 20 heavy (non-hydrogen) atoms. The average Bonchev–Trinajstić information content (AvgIpc) is 2.41. The van der Waals surface area contributed by atoms with Crippen molar-refractivity contribution in [3.63, 3.8) is 0 Å². The molecule has 0 aliphatic rings. The van der Waals surface area contributed by atoms with Gasteiger partial charge in [0.2, 0.25) is 0 Å². The Morgan fingerprint density at radius 2 is 1.95 bits per heavy atom. The largest absolute Gasteiger partial charge is 0.369 e. The summed E-state index contributed by atoms with van der Waals surface area (Å²) in [6.07, 6.45) is 0.845. The van der Waals surface area contributed by atoms with E-state index in [9.17, 15) is 0 Å². The quantitative estimate of drug-likeness (QED) is 0.702. The van der Waals surface area contributed by atoms with Gasteiger partial charge >= 0.3 is 0 Å². The van der Waals surface area contributed by atoms with E-state index >= 15 is 0 Å². The maximum Gasteiger partial charge on any atom is 0.163 e. The number of halogens is 3. The van der Waals surface area contributed by atoms with Crippen molar-refractivity contribution >= 4 is 51.6 Å². The van der Waals surface area contributed by atoms with Crippen LogP contribution in [-0.2, 0) is 6.42 Å². The van der Waals surface area contributed by atoms with Crippen LogP contribution in [0.15, 0.2) is 18.2 Å². The third-order valence-corrected chi connectivity index (χ3v) is 4.45. The monoisotopic (exact) mass is 421 g/mol. The fourth-order valence-corrected chi connectivity index (χ4v) is 3.11. The lowest BCUT2D eigenvalue weighted by atomic mass is 10.2. The fraction of sp³-hybridized carbons (Fsp3) is 0.286. The van der Waals surface area contributed by atoms with Crippen molar-refractivity contribution in [1.29, 1.82) is 0 Å². The van der Waals surface area contributed by atoms with Gasteiger partial charge in [-0.15, -0.1) is 0 Å². The predicted octanol–water partition coefficient (Wildman–Crippen LogP) is 5.05. The van der Waals surface area contributed by atoms with Gasteiger partial charge in [-0.2, -0.15) is 0 Å². The zero-order chi connectivity index (χ0) is 14.7. The first-order valence-electron chi connectivity index (χ1n) is 6.32. The van der Waals surface area contributed by atoms with E-state index in [0.29, 0.717) is 15.9 Å². The van der Waals surface area contributed by atoms with Crippen molar-refractivity contribution in [3.05, 3.63) is 37.5 Å². The zero-order valence-corrected chi connectivity index (χ0v) is 14.8. The van der Waals surface area contributed by atoms with Gasteiger partial charge in [0.05, 0.1) is 14.3 Å². The normalized spacial score (nSPS) is 10.7. The molecule has 0 atom stereocenters. The molecule has 1 aromatic carbocycles. The molecule has 1 aromatic heterocycles.